The van der Waals surface area contributed by atoms with E-state index >= 15 is 0 Å². The number of hydrogen-bond donors (Lipinski definition) is 1. The van der Waals surface area contributed by atoms with Gasteiger partial charge in [-0.25, -0.2) is 9.97 Å². The van der Waals surface area contributed by atoms with E-state index in [0.717, 1.165) is 46.9 Å². The van der Waals surface area contributed by atoms with E-state index in [2.05, 4.69) is 34.8 Å². The molecule has 3 rings (SSSR count). The van der Waals surface area contributed by atoms with Crippen LogP contribution in [0.1, 0.15) is 31.7 Å². The monoisotopic (exact) mass is 374 g/mol. The second-order valence-electron chi connectivity index (χ2n) is 6.85. The smallest absolute Gasteiger partial charge is 0.159 e. The molecule has 1 atom stereocenters. The van der Waals surface area contributed by atoms with Crippen LogP contribution in [-0.4, -0.2) is 27.8 Å². The van der Waals surface area contributed by atoms with Gasteiger partial charge in [0.05, 0.1) is 6.10 Å². The Bertz CT molecular complexity index is 946. The third-order valence-corrected chi connectivity index (χ3v) is 4.41. The number of nitrogens with zero attached hydrogens (tertiary/aromatic N) is 2. The summed E-state index contributed by atoms with van der Waals surface area (Å²) in [7, 11) is 0. The number of aliphatic hydroxyl groups excluding tert-OH is 1. The number of ether oxygens (including phenoxy) is 1. The number of aliphatic hydroxyl groups is 1. The molecule has 0 amide bonds. The van der Waals surface area contributed by atoms with Gasteiger partial charge >= 0.3 is 0 Å². The number of fused-ring (bicyclic) bond motifs is 1. The van der Waals surface area contributed by atoms with Crippen molar-refractivity contribution in [3.8, 4) is 17.1 Å². The van der Waals surface area contributed by atoms with Crippen LogP contribution in [0.4, 0.5) is 0 Å². The predicted molar refractivity (Wildman–Crippen MR) is 115 cm³/mol. The normalized spacial score (nSPS) is 12.4. The molecular weight excluding hydrogens is 348 g/mol. The summed E-state index contributed by atoms with van der Waals surface area (Å²) in [6.45, 7) is 5.98. The van der Waals surface area contributed by atoms with Crippen LogP contribution in [0, 0.1) is 0 Å². The molecule has 2 aromatic carbocycles. The average molecular weight is 374 g/mol. The molecule has 0 saturated heterocycles. The van der Waals surface area contributed by atoms with E-state index in [1.165, 1.54) is 0 Å². The lowest BCUT2D eigenvalue weighted by Gasteiger charge is -2.07. The quantitative estimate of drug-likeness (QED) is 0.401. The molecule has 3 aromatic rings. The molecule has 0 bridgehead atoms. The van der Waals surface area contributed by atoms with Crippen LogP contribution in [0.25, 0.3) is 28.2 Å². The maximum Gasteiger partial charge on any atom is 0.159 e. The fourth-order valence-electron chi connectivity index (χ4n) is 2.93. The van der Waals surface area contributed by atoms with Crippen LogP contribution in [0.15, 0.2) is 67.5 Å². The van der Waals surface area contributed by atoms with Gasteiger partial charge in [0.15, 0.2) is 5.82 Å². The molecule has 1 aromatic heterocycles. The molecule has 4 heteroatoms. The fourth-order valence-corrected chi connectivity index (χ4v) is 2.93. The zero-order chi connectivity index (χ0) is 19.8. The molecule has 4 nitrogen and oxygen atoms in total. The second kappa shape index (κ2) is 9.81. The minimum atomic E-state index is -0.232. The van der Waals surface area contributed by atoms with Gasteiger partial charge in [0.1, 0.15) is 12.4 Å². The van der Waals surface area contributed by atoms with E-state index in [9.17, 15) is 5.11 Å². The standard InChI is InChI=1S/C24H26N2O2/c1-3-13-28-23-12-11-20-14-22(10-9-21(20)15-23)24-25-16-19(17-26-24)8-6-4-5-7-18(2)27/h3,6,8-12,14-18,27H,1,4-5,7,13H2,2H3/b8-6+. The van der Waals surface area contributed by atoms with Crippen molar-refractivity contribution in [2.75, 3.05) is 6.61 Å². The summed E-state index contributed by atoms with van der Waals surface area (Å²) in [5.74, 6) is 1.54. The molecule has 1 N–H and O–H groups in total. The van der Waals surface area contributed by atoms with Crippen LogP contribution in [-0.2, 0) is 0 Å². The summed E-state index contributed by atoms with van der Waals surface area (Å²) in [6, 6.07) is 12.2. The lowest BCUT2D eigenvalue weighted by Crippen LogP contribution is -1.97. The van der Waals surface area contributed by atoms with Gasteiger partial charge < -0.3 is 9.84 Å². The number of unbranched alkanes of at least 4 members (excludes halogenated alkanes) is 1. The Kier molecular flexibility index (Phi) is 6.93. The summed E-state index contributed by atoms with van der Waals surface area (Å²) >= 11 is 0. The van der Waals surface area contributed by atoms with Crippen LogP contribution in [0.3, 0.4) is 0 Å². The molecule has 28 heavy (non-hydrogen) atoms. The molecule has 0 saturated carbocycles. The van der Waals surface area contributed by atoms with E-state index in [0.29, 0.717) is 12.4 Å². The van der Waals surface area contributed by atoms with Gasteiger partial charge in [0, 0.05) is 23.5 Å². The topological polar surface area (TPSA) is 55.2 Å². The average Bonchev–Trinajstić information content (AvgIpc) is 2.71. The van der Waals surface area contributed by atoms with Gasteiger partial charge in [0.25, 0.3) is 0 Å². The highest BCUT2D eigenvalue weighted by Crippen LogP contribution is 2.25. The third-order valence-electron chi connectivity index (χ3n) is 4.41. The number of rotatable bonds is 9. The van der Waals surface area contributed by atoms with Crippen LogP contribution < -0.4 is 4.74 Å². The summed E-state index contributed by atoms with van der Waals surface area (Å²) in [6.07, 6.45) is 12.0. The van der Waals surface area contributed by atoms with Gasteiger partial charge in [-0.15, -0.1) is 0 Å². The number of allylic oxidation sites excluding steroid dienone is 1. The number of hydrogen-bond acceptors (Lipinski definition) is 4. The Balaban J connectivity index is 1.68. The van der Waals surface area contributed by atoms with Gasteiger partial charge in [-0.2, -0.15) is 0 Å². The van der Waals surface area contributed by atoms with Crippen molar-refractivity contribution in [3.63, 3.8) is 0 Å². The summed E-state index contributed by atoms with van der Waals surface area (Å²) < 4.78 is 5.59. The molecular formula is C24H26N2O2. The number of benzene rings is 2. The zero-order valence-electron chi connectivity index (χ0n) is 16.2. The van der Waals surface area contributed by atoms with Gasteiger partial charge in [-0.1, -0.05) is 43.0 Å². The van der Waals surface area contributed by atoms with Gasteiger partial charge in [-0.3, -0.25) is 0 Å². The van der Waals surface area contributed by atoms with Crippen molar-refractivity contribution in [2.45, 2.75) is 32.3 Å². The molecule has 0 aliphatic rings. The van der Waals surface area contributed by atoms with Crippen molar-refractivity contribution >= 4 is 16.8 Å². The molecule has 144 valence electrons. The first-order valence-electron chi connectivity index (χ1n) is 9.60. The molecule has 1 unspecified atom stereocenters. The van der Waals surface area contributed by atoms with Crippen LogP contribution >= 0.6 is 0 Å². The van der Waals surface area contributed by atoms with Crippen molar-refractivity contribution in [1.82, 2.24) is 9.97 Å². The van der Waals surface area contributed by atoms with Crippen molar-refractivity contribution < 1.29 is 9.84 Å². The summed E-state index contributed by atoms with van der Waals surface area (Å²) in [5, 5.41) is 11.5. The third kappa shape index (κ3) is 5.51. The Labute approximate surface area is 166 Å². The molecule has 0 aliphatic heterocycles. The first kappa shape index (κ1) is 19.8. The first-order chi connectivity index (χ1) is 13.7. The molecule has 1 heterocycles. The second-order valence-corrected chi connectivity index (χ2v) is 6.85. The van der Waals surface area contributed by atoms with Gasteiger partial charge in [0.2, 0.25) is 0 Å². The fraction of sp³-hybridized carbons (Fsp3) is 0.250. The molecule has 0 aliphatic carbocycles. The highest BCUT2D eigenvalue weighted by Gasteiger charge is 2.04. The maximum atomic E-state index is 9.27. The van der Waals surface area contributed by atoms with Crippen molar-refractivity contribution in [1.29, 1.82) is 0 Å². The Morgan fingerprint density at radius 1 is 1.11 bits per heavy atom. The highest BCUT2D eigenvalue weighted by atomic mass is 16.5. The molecule has 0 fully saturated rings. The SMILES string of the molecule is C=CCOc1ccc2cc(-c3ncc(/C=C/CCCC(C)O)cn3)ccc2c1. The Morgan fingerprint density at radius 2 is 1.86 bits per heavy atom. The zero-order valence-corrected chi connectivity index (χ0v) is 16.2. The van der Waals surface area contributed by atoms with E-state index < -0.39 is 0 Å². The lowest BCUT2D eigenvalue weighted by atomic mass is 10.1. The van der Waals surface area contributed by atoms with E-state index in [1.807, 2.05) is 49.7 Å². The molecule has 0 radical (unpaired) electrons. The Hall–Kier alpha value is -2.98. The molecule has 0 spiro atoms. The Morgan fingerprint density at radius 3 is 2.61 bits per heavy atom. The van der Waals surface area contributed by atoms with Gasteiger partial charge in [-0.05, 0) is 55.2 Å². The largest absolute Gasteiger partial charge is 0.490 e. The predicted octanol–water partition coefficient (Wildman–Crippen LogP) is 5.43. The van der Waals surface area contributed by atoms with Crippen molar-refractivity contribution in [2.24, 2.45) is 0 Å². The van der Waals surface area contributed by atoms with Crippen LogP contribution in [0.5, 0.6) is 5.75 Å². The maximum absolute atomic E-state index is 9.27. The first-order valence-corrected chi connectivity index (χ1v) is 9.60. The van der Waals surface area contributed by atoms with E-state index in [-0.39, 0.29) is 6.10 Å². The highest BCUT2D eigenvalue weighted by molar-refractivity contribution is 5.87. The summed E-state index contributed by atoms with van der Waals surface area (Å²) in [5.41, 5.74) is 1.96. The minimum absolute atomic E-state index is 0.232. The van der Waals surface area contributed by atoms with Crippen molar-refractivity contribution in [3.05, 3.63) is 73.1 Å². The summed E-state index contributed by atoms with van der Waals surface area (Å²) in [4.78, 5) is 9.01. The van der Waals surface area contributed by atoms with Crippen LogP contribution in [0.2, 0.25) is 0 Å². The van der Waals surface area contributed by atoms with E-state index in [1.54, 1.807) is 6.08 Å². The lowest BCUT2D eigenvalue weighted by molar-refractivity contribution is 0.182. The minimum Gasteiger partial charge on any atom is -0.490 e. The number of aromatic nitrogens is 2. The van der Waals surface area contributed by atoms with E-state index in [4.69, 9.17) is 4.74 Å².